The Balaban J connectivity index is 1.33. The lowest BCUT2D eigenvalue weighted by atomic mass is 9.91. The van der Waals surface area contributed by atoms with Crippen molar-refractivity contribution >= 4 is 5.91 Å². The first-order chi connectivity index (χ1) is 13.6. The minimum Gasteiger partial charge on any atom is -0.497 e. The molecule has 0 radical (unpaired) electrons. The van der Waals surface area contributed by atoms with E-state index in [1.54, 1.807) is 7.11 Å². The number of nitrogens with one attached hydrogen (secondary N) is 1. The van der Waals surface area contributed by atoms with Gasteiger partial charge in [-0.25, -0.2) is 0 Å². The van der Waals surface area contributed by atoms with Crippen molar-refractivity contribution in [1.29, 1.82) is 0 Å². The molecule has 1 aromatic carbocycles. The van der Waals surface area contributed by atoms with Crippen LogP contribution < -0.4 is 10.1 Å². The smallest absolute Gasteiger partial charge is 0.234 e. The molecular formula is C23H35N3O2. The molecule has 2 unspecified atom stereocenters. The summed E-state index contributed by atoms with van der Waals surface area (Å²) >= 11 is 0. The SMILES string of the molecule is COc1ccc(C(NC(=O)CN2CCN(C3CCC3)CC(C)C2)C2CC2)cc1. The molecule has 2 saturated carbocycles. The van der Waals surface area contributed by atoms with Gasteiger partial charge in [0.05, 0.1) is 19.7 Å². The molecular weight excluding hydrogens is 350 g/mol. The first-order valence-electron chi connectivity index (χ1n) is 11.0. The van der Waals surface area contributed by atoms with Crippen molar-refractivity contribution in [3.8, 4) is 5.75 Å². The van der Waals surface area contributed by atoms with E-state index in [0.29, 0.717) is 18.4 Å². The van der Waals surface area contributed by atoms with E-state index in [9.17, 15) is 4.79 Å². The van der Waals surface area contributed by atoms with Gasteiger partial charge in [-0.1, -0.05) is 25.5 Å². The molecule has 4 rings (SSSR count). The van der Waals surface area contributed by atoms with E-state index in [1.165, 1.54) is 44.2 Å². The molecule has 5 heteroatoms. The summed E-state index contributed by atoms with van der Waals surface area (Å²) in [6, 6.07) is 9.09. The first kappa shape index (κ1) is 19.7. The summed E-state index contributed by atoms with van der Waals surface area (Å²) in [5.41, 5.74) is 1.19. The monoisotopic (exact) mass is 385 g/mol. The summed E-state index contributed by atoms with van der Waals surface area (Å²) < 4.78 is 5.27. The van der Waals surface area contributed by atoms with Crippen LogP contribution >= 0.6 is 0 Å². The Morgan fingerprint density at radius 2 is 1.89 bits per heavy atom. The Morgan fingerprint density at radius 3 is 2.50 bits per heavy atom. The number of nitrogens with zero attached hydrogens (tertiary/aromatic N) is 2. The van der Waals surface area contributed by atoms with Crippen LogP contribution in [-0.2, 0) is 4.79 Å². The molecule has 1 heterocycles. The van der Waals surface area contributed by atoms with Gasteiger partial charge in [0.1, 0.15) is 5.75 Å². The highest BCUT2D eigenvalue weighted by atomic mass is 16.5. The minimum atomic E-state index is 0.134. The minimum absolute atomic E-state index is 0.134. The predicted octanol–water partition coefficient (Wildman–Crippen LogP) is 3.07. The number of carbonyl (C=O) groups is 1. The van der Waals surface area contributed by atoms with E-state index >= 15 is 0 Å². The average molecular weight is 386 g/mol. The molecule has 2 aliphatic carbocycles. The Hall–Kier alpha value is -1.59. The molecule has 2 atom stereocenters. The van der Waals surface area contributed by atoms with Crippen molar-refractivity contribution in [2.75, 3.05) is 39.8 Å². The van der Waals surface area contributed by atoms with Crippen LogP contribution in [0.4, 0.5) is 0 Å². The van der Waals surface area contributed by atoms with E-state index in [2.05, 4.69) is 34.2 Å². The standard InChI is InChI=1S/C23H35N3O2/c1-17-14-25(12-13-26(15-17)20-4-3-5-20)16-22(27)24-23(18-6-7-18)19-8-10-21(28-2)11-9-19/h8-11,17-18,20,23H,3-7,12-16H2,1-2H3,(H,24,27). The zero-order valence-corrected chi connectivity index (χ0v) is 17.4. The Labute approximate surface area is 169 Å². The fourth-order valence-electron chi connectivity index (χ4n) is 4.71. The average Bonchev–Trinajstić information content (AvgIpc) is 3.48. The number of hydrogen-bond acceptors (Lipinski definition) is 4. The van der Waals surface area contributed by atoms with Gasteiger partial charge in [0.2, 0.25) is 5.91 Å². The molecule has 28 heavy (non-hydrogen) atoms. The molecule has 1 saturated heterocycles. The van der Waals surface area contributed by atoms with Crippen molar-refractivity contribution in [1.82, 2.24) is 15.1 Å². The van der Waals surface area contributed by atoms with Crippen molar-refractivity contribution in [3.63, 3.8) is 0 Å². The quantitative estimate of drug-likeness (QED) is 0.784. The summed E-state index contributed by atoms with van der Waals surface area (Å²) in [6.07, 6.45) is 6.51. The van der Waals surface area contributed by atoms with Crippen LogP contribution in [0.1, 0.15) is 50.6 Å². The molecule has 3 aliphatic rings. The third kappa shape index (κ3) is 4.87. The normalized spacial score (nSPS) is 25.6. The number of benzene rings is 1. The molecule has 0 aromatic heterocycles. The van der Waals surface area contributed by atoms with Crippen LogP contribution in [-0.4, -0.2) is 61.6 Å². The van der Waals surface area contributed by atoms with E-state index in [4.69, 9.17) is 4.74 Å². The lowest BCUT2D eigenvalue weighted by Gasteiger charge is -2.37. The van der Waals surface area contributed by atoms with Crippen LogP contribution in [0.3, 0.4) is 0 Å². The van der Waals surface area contributed by atoms with Gasteiger partial charge in [-0.05, 0) is 55.2 Å². The molecule has 1 aliphatic heterocycles. The molecule has 3 fully saturated rings. The lowest BCUT2D eigenvalue weighted by Crippen LogP contribution is -2.44. The molecule has 0 bridgehead atoms. The molecule has 0 spiro atoms. The van der Waals surface area contributed by atoms with Crippen molar-refractivity contribution < 1.29 is 9.53 Å². The van der Waals surface area contributed by atoms with E-state index in [-0.39, 0.29) is 11.9 Å². The van der Waals surface area contributed by atoms with Gasteiger partial charge >= 0.3 is 0 Å². The summed E-state index contributed by atoms with van der Waals surface area (Å²) in [5.74, 6) is 2.22. The summed E-state index contributed by atoms with van der Waals surface area (Å²) in [7, 11) is 1.68. The highest BCUT2D eigenvalue weighted by Crippen LogP contribution is 2.41. The van der Waals surface area contributed by atoms with Gasteiger partial charge in [0, 0.05) is 32.2 Å². The topological polar surface area (TPSA) is 44.8 Å². The largest absolute Gasteiger partial charge is 0.497 e. The number of ether oxygens (including phenoxy) is 1. The third-order valence-electron chi connectivity index (χ3n) is 6.66. The van der Waals surface area contributed by atoms with Gasteiger partial charge in [-0.15, -0.1) is 0 Å². The van der Waals surface area contributed by atoms with Gasteiger partial charge in [0.25, 0.3) is 0 Å². The van der Waals surface area contributed by atoms with E-state index in [0.717, 1.165) is 31.4 Å². The van der Waals surface area contributed by atoms with Gasteiger partial charge in [-0.2, -0.15) is 0 Å². The third-order valence-corrected chi connectivity index (χ3v) is 6.66. The summed E-state index contributed by atoms with van der Waals surface area (Å²) in [5, 5.41) is 3.34. The first-order valence-corrected chi connectivity index (χ1v) is 11.0. The molecule has 5 nitrogen and oxygen atoms in total. The van der Waals surface area contributed by atoms with E-state index in [1.807, 2.05) is 12.1 Å². The number of methoxy groups -OCH3 is 1. The Morgan fingerprint density at radius 1 is 1.14 bits per heavy atom. The molecule has 1 aromatic rings. The predicted molar refractivity (Wildman–Crippen MR) is 111 cm³/mol. The molecule has 154 valence electrons. The number of hydrogen-bond donors (Lipinski definition) is 1. The van der Waals surface area contributed by atoms with E-state index < -0.39 is 0 Å². The van der Waals surface area contributed by atoms with Crippen molar-refractivity contribution in [2.45, 2.75) is 51.1 Å². The zero-order chi connectivity index (χ0) is 19.5. The van der Waals surface area contributed by atoms with Crippen LogP contribution in [0.5, 0.6) is 5.75 Å². The number of rotatable bonds is 7. The second kappa shape index (κ2) is 8.83. The summed E-state index contributed by atoms with van der Waals surface area (Å²) in [6.45, 7) is 7.15. The number of carbonyl (C=O) groups excluding carboxylic acids is 1. The fraction of sp³-hybridized carbons (Fsp3) is 0.696. The second-order valence-corrected chi connectivity index (χ2v) is 9.08. The van der Waals surface area contributed by atoms with Crippen LogP contribution in [0.25, 0.3) is 0 Å². The Bertz CT molecular complexity index is 654. The maximum Gasteiger partial charge on any atom is 0.234 e. The van der Waals surface area contributed by atoms with Crippen LogP contribution in [0.15, 0.2) is 24.3 Å². The lowest BCUT2D eigenvalue weighted by molar-refractivity contribution is -0.123. The van der Waals surface area contributed by atoms with Gasteiger partial charge in [-0.3, -0.25) is 14.6 Å². The van der Waals surface area contributed by atoms with Crippen molar-refractivity contribution in [3.05, 3.63) is 29.8 Å². The highest BCUT2D eigenvalue weighted by molar-refractivity contribution is 5.78. The van der Waals surface area contributed by atoms with Crippen LogP contribution in [0, 0.1) is 11.8 Å². The highest BCUT2D eigenvalue weighted by Gasteiger charge is 2.34. The molecule has 1 amide bonds. The van der Waals surface area contributed by atoms with Gasteiger partial charge in [0.15, 0.2) is 0 Å². The molecule has 1 N–H and O–H groups in total. The van der Waals surface area contributed by atoms with Crippen molar-refractivity contribution in [2.24, 2.45) is 11.8 Å². The number of amides is 1. The zero-order valence-electron chi connectivity index (χ0n) is 17.4. The van der Waals surface area contributed by atoms with Gasteiger partial charge < -0.3 is 10.1 Å². The maximum atomic E-state index is 12.9. The second-order valence-electron chi connectivity index (χ2n) is 9.08. The Kier molecular flexibility index (Phi) is 6.22. The summed E-state index contributed by atoms with van der Waals surface area (Å²) in [4.78, 5) is 17.9. The fourth-order valence-corrected chi connectivity index (χ4v) is 4.71. The van der Waals surface area contributed by atoms with Crippen LogP contribution in [0.2, 0.25) is 0 Å². The maximum absolute atomic E-state index is 12.9.